The van der Waals surface area contributed by atoms with E-state index in [0.717, 1.165) is 56.8 Å². The van der Waals surface area contributed by atoms with Crippen molar-refractivity contribution in [1.29, 1.82) is 0 Å². The van der Waals surface area contributed by atoms with Crippen molar-refractivity contribution < 1.29 is 9.21 Å². The number of hydrogen-bond donors (Lipinski definition) is 0. The van der Waals surface area contributed by atoms with Gasteiger partial charge in [0.1, 0.15) is 5.76 Å². The SMILES string of the molecule is CSCc1ccc(C(=O)N(C)[C@H]2CCCN(CCCc3ccccc3)C2)o1. The molecule has 1 aromatic heterocycles. The monoisotopic (exact) mass is 386 g/mol. The van der Waals surface area contributed by atoms with Crippen LogP contribution in [-0.4, -0.2) is 54.7 Å². The van der Waals surface area contributed by atoms with Crippen LogP contribution in [-0.2, 0) is 12.2 Å². The summed E-state index contributed by atoms with van der Waals surface area (Å²) in [5.74, 6) is 2.13. The van der Waals surface area contributed by atoms with Crippen LogP contribution in [0.25, 0.3) is 0 Å². The zero-order valence-electron chi connectivity index (χ0n) is 16.4. The van der Waals surface area contributed by atoms with E-state index >= 15 is 0 Å². The second kappa shape index (κ2) is 10.00. The van der Waals surface area contributed by atoms with Crippen molar-refractivity contribution in [3.05, 3.63) is 59.5 Å². The van der Waals surface area contributed by atoms with E-state index in [1.54, 1.807) is 11.8 Å². The van der Waals surface area contributed by atoms with Gasteiger partial charge in [-0.15, -0.1) is 0 Å². The summed E-state index contributed by atoms with van der Waals surface area (Å²) in [6.07, 6.45) is 6.51. The number of hydrogen-bond acceptors (Lipinski definition) is 4. The lowest BCUT2D eigenvalue weighted by Crippen LogP contribution is -2.48. The van der Waals surface area contributed by atoms with Crippen LogP contribution >= 0.6 is 11.8 Å². The van der Waals surface area contributed by atoms with Crippen molar-refractivity contribution in [3.63, 3.8) is 0 Å². The predicted molar refractivity (Wildman–Crippen MR) is 112 cm³/mol. The van der Waals surface area contributed by atoms with Gasteiger partial charge in [0.15, 0.2) is 5.76 Å². The molecule has 27 heavy (non-hydrogen) atoms. The van der Waals surface area contributed by atoms with Gasteiger partial charge in [0, 0.05) is 19.6 Å². The molecular formula is C22H30N2O2S. The molecular weight excluding hydrogens is 356 g/mol. The van der Waals surface area contributed by atoms with E-state index in [-0.39, 0.29) is 11.9 Å². The first-order valence-electron chi connectivity index (χ1n) is 9.78. The normalized spacial score (nSPS) is 17.8. The van der Waals surface area contributed by atoms with E-state index in [4.69, 9.17) is 4.42 Å². The summed E-state index contributed by atoms with van der Waals surface area (Å²) < 4.78 is 5.71. The zero-order chi connectivity index (χ0) is 19.1. The number of carbonyl (C=O) groups excluding carboxylic acids is 1. The largest absolute Gasteiger partial charge is 0.455 e. The summed E-state index contributed by atoms with van der Waals surface area (Å²) in [5.41, 5.74) is 1.40. The number of carbonyl (C=O) groups is 1. The van der Waals surface area contributed by atoms with Gasteiger partial charge in [0.2, 0.25) is 0 Å². The first-order chi connectivity index (χ1) is 13.2. The number of piperidine rings is 1. The van der Waals surface area contributed by atoms with Crippen molar-refractivity contribution in [2.45, 2.75) is 37.5 Å². The highest BCUT2D eigenvalue weighted by atomic mass is 32.2. The van der Waals surface area contributed by atoms with Crippen molar-refractivity contribution in [2.24, 2.45) is 0 Å². The van der Waals surface area contributed by atoms with Crippen molar-refractivity contribution in [1.82, 2.24) is 9.80 Å². The number of likely N-dealkylation sites (N-methyl/N-ethyl adjacent to an activating group) is 1. The minimum Gasteiger partial charge on any atom is -0.455 e. The molecule has 0 aliphatic carbocycles. The number of likely N-dealkylation sites (tertiary alicyclic amines) is 1. The van der Waals surface area contributed by atoms with Gasteiger partial charge in [-0.3, -0.25) is 4.79 Å². The van der Waals surface area contributed by atoms with Crippen LogP contribution in [0.2, 0.25) is 0 Å². The van der Waals surface area contributed by atoms with Crippen molar-refractivity contribution in [3.8, 4) is 0 Å². The highest BCUT2D eigenvalue weighted by Gasteiger charge is 2.27. The predicted octanol–water partition coefficient (Wildman–Crippen LogP) is 4.31. The maximum atomic E-state index is 12.8. The number of nitrogens with zero attached hydrogens (tertiary/aromatic N) is 2. The quantitative estimate of drug-likeness (QED) is 0.677. The molecule has 0 saturated carbocycles. The lowest BCUT2D eigenvalue weighted by molar-refractivity contribution is 0.0585. The van der Waals surface area contributed by atoms with Crippen LogP contribution in [0.15, 0.2) is 46.9 Å². The Balaban J connectivity index is 1.49. The first kappa shape index (κ1) is 20.0. The molecule has 0 unspecified atom stereocenters. The van der Waals surface area contributed by atoms with Crippen LogP contribution in [0.3, 0.4) is 0 Å². The van der Waals surface area contributed by atoms with Crippen LogP contribution in [0.4, 0.5) is 0 Å². The molecule has 0 radical (unpaired) electrons. The number of amides is 1. The Kier molecular flexibility index (Phi) is 7.41. The molecule has 4 nitrogen and oxygen atoms in total. The van der Waals surface area contributed by atoms with Gasteiger partial charge < -0.3 is 14.2 Å². The molecule has 1 amide bonds. The second-order valence-electron chi connectivity index (χ2n) is 7.30. The molecule has 0 N–H and O–H groups in total. The van der Waals surface area contributed by atoms with Crippen molar-refractivity contribution in [2.75, 3.05) is 32.9 Å². The standard InChI is InChI=1S/C22H30N2O2S/c1-23(22(25)21-13-12-20(26-21)17-27-2)19-11-7-15-24(16-19)14-6-10-18-8-4-3-5-9-18/h3-5,8-9,12-13,19H,6-7,10-11,14-17H2,1-2H3/t19-/m0/s1. The van der Waals surface area contributed by atoms with E-state index in [1.165, 1.54) is 5.56 Å². The fraction of sp³-hybridized carbons (Fsp3) is 0.500. The molecule has 3 rings (SSSR count). The topological polar surface area (TPSA) is 36.7 Å². The number of thioether (sulfide) groups is 1. The van der Waals surface area contributed by atoms with Crippen LogP contribution in [0.1, 0.15) is 41.1 Å². The maximum Gasteiger partial charge on any atom is 0.289 e. The molecule has 5 heteroatoms. The summed E-state index contributed by atoms with van der Waals surface area (Å²) in [7, 11) is 1.91. The number of furan rings is 1. The lowest BCUT2D eigenvalue weighted by atomic mass is 10.0. The van der Waals surface area contributed by atoms with Gasteiger partial charge in [-0.2, -0.15) is 11.8 Å². The highest BCUT2D eigenvalue weighted by molar-refractivity contribution is 7.97. The average Bonchev–Trinajstić information content (AvgIpc) is 3.17. The van der Waals surface area contributed by atoms with E-state index in [1.807, 2.05) is 30.3 Å². The molecule has 1 saturated heterocycles. The second-order valence-corrected chi connectivity index (χ2v) is 8.17. The average molecular weight is 387 g/mol. The molecule has 146 valence electrons. The Morgan fingerprint density at radius 2 is 2.07 bits per heavy atom. The van der Waals surface area contributed by atoms with Crippen molar-refractivity contribution >= 4 is 17.7 Å². The Morgan fingerprint density at radius 1 is 1.26 bits per heavy atom. The third-order valence-electron chi connectivity index (χ3n) is 5.29. The van der Waals surface area contributed by atoms with Gasteiger partial charge in [0.05, 0.1) is 5.75 Å². The third kappa shape index (κ3) is 5.63. The number of benzene rings is 1. The number of rotatable bonds is 8. The highest BCUT2D eigenvalue weighted by Crippen LogP contribution is 2.20. The summed E-state index contributed by atoms with van der Waals surface area (Å²) in [6.45, 7) is 3.17. The fourth-order valence-electron chi connectivity index (χ4n) is 3.75. The van der Waals surface area contributed by atoms with Crippen LogP contribution in [0, 0.1) is 0 Å². The molecule has 1 aliphatic heterocycles. The molecule has 1 atom stereocenters. The Labute approximate surface area is 166 Å². The minimum absolute atomic E-state index is 0.00140. The zero-order valence-corrected chi connectivity index (χ0v) is 17.2. The molecule has 2 aromatic rings. The Hall–Kier alpha value is -1.72. The summed E-state index contributed by atoms with van der Waals surface area (Å²) in [4.78, 5) is 17.2. The minimum atomic E-state index is -0.00140. The molecule has 1 fully saturated rings. The Morgan fingerprint density at radius 3 is 2.85 bits per heavy atom. The molecule has 2 heterocycles. The lowest BCUT2D eigenvalue weighted by Gasteiger charge is -2.37. The van der Waals surface area contributed by atoms with E-state index < -0.39 is 0 Å². The maximum absolute atomic E-state index is 12.8. The fourth-order valence-corrected chi connectivity index (χ4v) is 4.19. The first-order valence-corrected chi connectivity index (χ1v) is 11.2. The van der Waals surface area contributed by atoms with Crippen LogP contribution in [0.5, 0.6) is 0 Å². The van der Waals surface area contributed by atoms with E-state index in [2.05, 4.69) is 35.2 Å². The van der Waals surface area contributed by atoms with Gasteiger partial charge in [-0.25, -0.2) is 0 Å². The molecule has 1 aromatic carbocycles. The summed E-state index contributed by atoms with van der Waals surface area (Å²) >= 11 is 1.70. The van der Waals surface area contributed by atoms with E-state index in [9.17, 15) is 4.79 Å². The summed E-state index contributed by atoms with van der Waals surface area (Å²) in [5, 5.41) is 0. The molecule has 0 bridgehead atoms. The smallest absolute Gasteiger partial charge is 0.289 e. The molecule has 0 spiro atoms. The van der Waals surface area contributed by atoms with Gasteiger partial charge in [0.25, 0.3) is 5.91 Å². The van der Waals surface area contributed by atoms with Gasteiger partial charge in [-0.1, -0.05) is 30.3 Å². The van der Waals surface area contributed by atoms with E-state index in [0.29, 0.717) is 5.76 Å². The summed E-state index contributed by atoms with van der Waals surface area (Å²) in [6, 6.07) is 14.6. The molecule has 1 aliphatic rings. The van der Waals surface area contributed by atoms with Crippen LogP contribution < -0.4 is 0 Å². The van der Waals surface area contributed by atoms with Gasteiger partial charge >= 0.3 is 0 Å². The Bertz CT molecular complexity index is 716. The van der Waals surface area contributed by atoms with Gasteiger partial charge in [-0.05, 0) is 62.7 Å². The third-order valence-corrected chi connectivity index (χ3v) is 5.86. The number of aryl methyl sites for hydroxylation is 1.